The fourth-order valence-corrected chi connectivity index (χ4v) is 7.62. The van der Waals surface area contributed by atoms with Crippen LogP contribution in [0.1, 0.15) is 79.1 Å². The molecule has 27 heavy (non-hydrogen) atoms. The Morgan fingerprint density at radius 3 is 2.70 bits per heavy atom. The molecule has 0 heterocycles. The van der Waals surface area contributed by atoms with E-state index in [1.54, 1.807) is 0 Å². The molecule has 0 spiro atoms. The van der Waals surface area contributed by atoms with E-state index >= 15 is 0 Å². The minimum atomic E-state index is -0.269. The van der Waals surface area contributed by atoms with Gasteiger partial charge in [0.25, 0.3) is 0 Å². The molecule has 0 amide bonds. The third kappa shape index (κ3) is 2.69. The second-order valence-corrected chi connectivity index (χ2v) is 10.4. The van der Waals surface area contributed by atoms with E-state index in [9.17, 15) is 10.0 Å². The fourth-order valence-electron chi connectivity index (χ4n) is 7.62. The molecule has 5 atom stereocenters. The van der Waals surface area contributed by atoms with Crippen LogP contribution in [0, 0.1) is 34.0 Å². The minimum Gasteiger partial charge on any atom is -0.465 e. The summed E-state index contributed by atoms with van der Waals surface area (Å²) < 4.78 is 5.71. The van der Waals surface area contributed by atoms with Crippen molar-refractivity contribution in [1.82, 2.24) is 0 Å². The van der Waals surface area contributed by atoms with Gasteiger partial charge < -0.3 is 9.94 Å². The van der Waals surface area contributed by atoms with Crippen molar-refractivity contribution in [1.29, 1.82) is 0 Å². The van der Waals surface area contributed by atoms with Crippen LogP contribution in [0.25, 0.3) is 0 Å². The summed E-state index contributed by atoms with van der Waals surface area (Å²) in [5.41, 5.74) is 2.38. The Kier molecular flexibility index (Phi) is 4.47. The maximum absolute atomic E-state index is 11.7. The van der Waals surface area contributed by atoms with Crippen molar-refractivity contribution in [2.24, 2.45) is 39.2 Å². The number of rotatable bonds is 2. The number of hydrogen-bond donors (Lipinski definition) is 1. The molecule has 3 fully saturated rings. The largest absolute Gasteiger partial charge is 0.465 e. The van der Waals surface area contributed by atoms with Crippen LogP contribution < -0.4 is 0 Å². The first-order valence-electron chi connectivity index (χ1n) is 10.8. The van der Waals surface area contributed by atoms with Crippen LogP contribution in [-0.4, -0.2) is 23.5 Å². The van der Waals surface area contributed by atoms with Gasteiger partial charge in [0, 0.05) is 17.8 Å². The number of fused-ring (bicyclic) bond motifs is 5. The highest BCUT2D eigenvalue weighted by Gasteiger charge is 2.60. The predicted octanol–water partition coefficient (Wildman–Crippen LogP) is 5.35. The predicted molar refractivity (Wildman–Crippen MR) is 106 cm³/mol. The molecule has 3 saturated carbocycles. The molecule has 0 radical (unpaired) electrons. The number of carbonyl (C=O) groups excluding carboxylic acids is 1. The average Bonchev–Trinajstić information content (AvgIpc) is 3.01. The molecule has 4 aliphatic carbocycles. The summed E-state index contributed by atoms with van der Waals surface area (Å²) in [4.78, 5) is 11.7. The number of carbonyl (C=O) groups is 1. The minimum absolute atomic E-state index is 0.0871. The summed E-state index contributed by atoms with van der Waals surface area (Å²) in [7, 11) is 0. The van der Waals surface area contributed by atoms with Gasteiger partial charge >= 0.3 is 5.97 Å². The van der Waals surface area contributed by atoms with Crippen LogP contribution >= 0.6 is 0 Å². The van der Waals surface area contributed by atoms with Crippen molar-refractivity contribution >= 4 is 11.7 Å². The quantitative estimate of drug-likeness (QED) is 0.307. The van der Waals surface area contributed by atoms with Gasteiger partial charge in [-0.3, -0.25) is 4.79 Å². The summed E-state index contributed by atoms with van der Waals surface area (Å²) in [5, 5.41) is 13.2. The topological polar surface area (TPSA) is 58.9 Å². The molecule has 4 aliphatic rings. The second-order valence-electron chi connectivity index (χ2n) is 10.4. The van der Waals surface area contributed by atoms with Crippen molar-refractivity contribution in [2.75, 3.05) is 6.61 Å². The zero-order chi connectivity index (χ0) is 19.4. The van der Waals surface area contributed by atoms with Crippen molar-refractivity contribution in [3.8, 4) is 0 Å². The summed E-state index contributed by atoms with van der Waals surface area (Å²) in [6.45, 7) is 8.88. The molecule has 4 rings (SSSR count). The Bertz CT molecular complexity index is 694. The highest BCUT2D eigenvalue weighted by molar-refractivity contribution is 5.93. The Labute approximate surface area is 163 Å². The van der Waals surface area contributed by atoms with Gasteiger partial charge in [0.05, 0.1) is 5.71 Å². The molecule has 0 saturated heterocycles. The molecule has 4 nitrogen and oxygen atoms in total. The van der Waals surface area contributed by atoms with Crippen LogP contribution in [-0.2, 0) is 9.53 Å². The number of oxime groups is 1. The maximum atomic E-state index is 11.7. The zero-order valence-electron chi connectivity index (χ0n) is 17.4. The SMILES string of the molecule is CC(=O)OCC12CC/C(=N\O)C(C)(C)C1=CCC1C3CCCC3(C)CCC12. The first kappa shape index (κ1) is 19.0. The monoisotopic (exact) mass is 373 g/mol. The molecule has 4 heteroatoms. The molecular weight excluding hydrogens is 338 g/mol. The summed E-state index contributed by atoms with van der Waals surface area (Å²) >= 11 is 0. The number of ether oxygens (including phenoxy) is 1. The van der Waals surface area contributed by atoms with E-state index in [0.29, 0.717) is 23.9 Å². The van der Waals surface area contributed by atoms with Crippen LogP contribution in [0.3, 0.4) is 0 Å². The molecular formula is C23H35NO3. The lowest BCUT2D eigenvalue weighted by atomic mass is 9.44. The lowest BCUT2D eigenvalue weighted by Gasteiger charge is -2.60. The van der Waals surface area contributed by atoms with Gasteiger partial charge in [0.1, 0.15) is 6.61 Å². The van der Waals surface area contributed by atoms with E-state index in [2.05, 4.69) is 32.0 Å². The van der Waals surface area contributed by atoms with Crippen LogP contribution in [0.4, 0.5) is 0 Å². The first-order valence-corrected chi connectivity index (χ1v) is 10.8. The molecule has 1 N–H and O–H groups in total. The number of nitrogens with zero attached hydrogens (tertiary/aromatic N) is 1. The van der Waals surface area contributed by atoms with E-state index < -0.39 is 0 Å². The normalized spacial score (nSPS) is 44.1. The molecule has 0 bridgehead atoms. The van der Waals surface area contributed by atoms with Gasteiger partial charge in [-0.15, -0.1) is 0 Å². The lowest BCUT2D eigenvalue weighted by molar-refractivity contribution is -0.148. The molecule has 0 aromatic heterocycles. The number of hydrogen-bond acceptors (Lipinski definition) is 4. The van der Waals surface area contributed by atoms with Crippen molar-refractivity contribution in [2.45, 2.75) is 79.1 Å². The zero-order valence-corrected chi connectivity index (χ0v) is 17.4. The third-order valence-corrected chi connectivity index (χ3v) is 8.92. The Hall–Kier alpha value is -1.32. The van der Waals surface area contributed by atoms with Crippen LogP contribution in [0.2, 0.25) is 0 Å². The van der Waals surface area contributed by atoms with Gasteiger partial charge in [0.15, 0.2) is 0 Å². The second kappa shape index (κ2) is 6.35. The molecule has 5 unspecified atom stereocenters. The molecule has 0 aliphatic heterocycles. The van der Waals surface area contributed by atoms with Gasteiger partial charge in [0.2, 0.25) is 0 Å². The van der Waals surface area contributed by atoms with Gasteiger partial charge in [-0.1, -0.05) is 44.0 Å². The Morgan fingerprint density at radius 1 is 1.22 bits per heavy atom. The smallest absolute Gasteiger partial charge is 0.302 e. The van der Waals surface area contributed by atoms with Gasteiger partial charge in [-0.2, -0.15) is 0 Å². The van der Waals surface area contributed by atoms with Crippen molar-refractivity contribution < 1.29 is 14.7 Å². The lowest BCUT2D eigenvalue weighted by Crippen LogP contribution is -2.56. The fraction of sp³-hybridized carbons (Fsp3) is 0.826. The Balaban J connectivity index is 1.78. The highest BCUT2D eigenvalue weighted by Crippen LogP contribution is 2.66. The van der Waals surface area contributed by atoms with Crippen LogP contribution in [0.15, 0.2) is 16.8 Å². The standard InChI is InChI=1S/C23H35NO3/c1-15(25)27-14-23-13-10-20(24-26)21(2,3)19(23)8-7-16-17-6-5-11-22(17,4)12-9-18(16)23/h8,16-18,26H,5-7,9-14H2,1-4H3/b24-20+. The van der Waals surface area contributed by atoms with Gasteiger partial charge in [-0.25, -0.2) is 0 Å². The summed E-state index contributed by atoms with van der Waals surface area (Å²) in [6.07, 6.45) is 11.9. The van der Waals surface area contributed by atoms with E-state index in [4.69, 9.17) is 4.74 Å². The van der Waals surface area contributed by atoms with Crippen molar-refractivity contribution in [3.63, 3.8) is 0 Å². The highest BCUT2D eigenvalue weighted by atomic mass is 16.5. The first-order chi connectivity index (χ1) is 12.7. The Morgan fingerprint density at radius 2 is 2.00 bits per heavy atom. The van der Waals surface area contributed by atoms with Crippen molar-refractivity contribution in [3.05, 3.63) is 11.6 Å². The van der Waals surface area contributed by atoms with E-state index in [1.165, 1.54) is 44.6 Å². The van der Waals surface area contributed by atoms with Gasteiger partial charge in [-0.05, 0) is 68.1 Å². The number of allylic oxidation sites excluding steroid dienone is 1. The maximum Gasteiger partial charge on any atom is 0.302 e. The third-order valence-electron chi connectivity index (χ3n) is 8.92. The summed E-state index contributed by atoms with van der Waals surface area (Å²) in [6, 6.07) is 0. The van der Waals surface area contributed by atoms with E-state index in [1.807, 2.05) is 0 Å². The van der Waals surface area contributed by atoms with E-state index in [0.717, 1.165) is 30.9 Å². The van der Waals surface area contributed by atoms with E-state index in [-0.39, 0.29) is 16.8 Å². The summed E-state index contributed by atoms with van der Waals surface area (Å²) in [5.74, 6) is 1.90. The molecule has 150 valence electrons. The van der Waals surface area contributed by atoms with Crippen LogP contribution in [0.5, 0.6) is 0 Å². The average molecular weight is 374 g/mol. The molecule has 0 aromatic rings. The number of esters is 1. The molecule has 0 aromatic carbocycles.